The summed E-state index contributed by atoms with van der Waals surface area (Å²) < 4.78 is 12.0. The van der Waals surface area contributed by atoms with Crippen LogP contribution in [0.4, 0.5) is 5.82 Å². The van der Waals surface area contributed by atoms with Crippen molar-refractivity contribution in [2.75, 3.05) is 24.6 Å². The van der Waals surface area contributed by atoms with Crippen LogP contribution < -0.4 is 14.4 Å². The van der Waals surface area contributed by atoms with Crippen LogP contribution >= 0.6 is 0 Å². The van der Waals surface area contributed by atoms with Crippen molar-refractivity contribution in [3.05, 3.63) is 60.6 Å². The molecule has 4 rings (SSSR count). The summed E-state index contributed by atoms with van der Waals surface area (Å²) in [6, 6.07) is 13.7. The molecular weight excluding hydrogens is 352 g/mol. The molecule has 6 nitrogen and oxygen atoms in total. The monoisotopic (exact) mass is 376 g/mol. The van der Waals surface area contributed by atoms with Crippen LogP contribution in [0.2, 0.25) is 0 Å². The van der Waals surface area contributed by atoms with Gasteiger partial charge < -0.3 is 14.4 Å². The molecule has 0 N–H and O–H groups in total. The Hall–Kier alpha value is -3.15. The Morgan fingerprint density at radius 3 is 2.75 bits per heavy atom. The molecule has 144 valence electrons. The van der Waals surface area contributed by atoms with Crippen LogP contribution in [-0.4, -0.2) is 40.8 Å². The molecule has 3 heterocycles. The van der Waals surface area contributed by atoms with E-state index in [1.54, 1.807) is 12.4 Å². The van der Waals surface area contributed by atoms with Crippen LogP contribution in [0.15, 0.2) is 54.9 Å². The van der Waals surface area contributed by atoms with Gasteiger partial charge >= 0.3 is 0 Å². The summed E-state index contributed by atoms with van der Waals surface area (Å²) >= 11 is 0. The Morgan fingerprint density at radius 1 is 1.11 bits per heavy atom. The number of benzene rings is 1. The quantitative estimate of drug-likeness (QED) is 0.650. The molecule has 6 heteroatoms. The van der Waals surface area contributed by atoms with E-state index in [1.807, 2.05) is 49.4 Å². The summed E-state index contributed by atoms with van der Waals surface area (Å²) in [6.45, 7) is 6.26. The first-order valence-electron chi connectivity index (χ1n) is 9.62. The maximum absolute atomic E-state index is 6.16. The number of para-hydroxylation sites is 2. The normalized spacial score (nSPS) is 15.3. The van der Waals surface area contributed by atoms with E-state index in [2.05, 4.69) is 21.8 Å². The Labute approximate surface area is 165 Å². The van der Waals surface area contributed by atoms with Gasteiger partial charge in [0, 0.05) is 36.3 Å². The minimum atomic E-state index is -0.0569. The molecule has 0 saturated heterocycles. The van der Waals surface area contributed by atoms with Crippen LogP contribution in [-0.2, 0) is 0 Å². The fraction of sp³-hybridized carbons (Fsp3) is 0.318. The number of aromatic nitrogens is 3. The number of pyridine rings is 1. The van der Waals surface area contributed by atoms with E-state index in [4.69, 9.17) is 14.5 Å². The van der Waals surface area contributed by atoms with Crippen molar-refractivity contribution in [3.63, 3.8) is 0 Å². The molecule has 3 aromatic rings. The summed E-state index contributed by atoms with van der Waals surface area (Å²) in [4.78, 5) is 15.8. The van der Waals surface area contributed by atoms with Crippen molar-refractivity contribution < 1.29 is 9.47 Å². The minimum absolute atomic E-state index is 0.0569. The van der Waals surface area contributed by atoms with Gasteiger partial charge in [-0.1, -0.05) is 19.1 Å². The first kappa shape index (κ1) is 18.2. The Bertz CT molecular complexity index is 933. The smallest absolute Gasteiger partial charge is 0.163 e. The lowest BCUT2D eigenvalue weighted by molar-refractivity contribution is 0.0951. The molecule has 0 amide bonds. The highest BCUT2D eigenvalue weighted by Crippen LogP contribution is 2.31. The zero-order valence-corrected chi connectivity index (χ0v) is 16.2. The lowest BCUT2D eigenvalue weighted by Gasteiger charge is -2.32. The second-order valence-electron chi connectivity index (χ2n) is 6.88. The van der Waals surface area contributed by atoms with Crippen LogP contribution in [0.5, 0.6) is 11.5 Å². The van der Waals surface area contributed by atoms with E-state index < -0.39 is 0 Å². The number of ether oxygens (including phenoxy) is 2. The first-order valence-corrected chi connectivity index (χ1v) is 9.62. The number of aryl methyl sites for hydroxylation is 1. The number of nitrogens with zero attached hydrogens (tertiary/aromatic N) is 4. The first-order chi connectivity index (χ1) is 13.7. The van der Waals surface area contributed by atoms with E-state index in [-0.39, 0.29) is 6.10 Å². The van der Waals surface area contributed by atoms with Crippen molar-refractivity contribution in [2.24, 2.45) is 0 Å². The number of anilines is 1. The maximum atomic E-state index is 6.16. The number of hydrogen-bond acceptors (Lipinski definition) is 6. The fourth-order valence-corrected chi connectivity index (χ4v) is 3.31. The van der Waals surface area contributed by atoms with E-state index in [0.717, 1.165) is 41.5 Å². The van der Waals surface area contributed by atoms with Crippen molar-refractivity contribution in [1.82, 2.24) is 15.0 Å². The van der Waals surface area contributed by atoms with Gasteiger partial charge in [-0.2, -0.15) is 0 Å². The minimum Gasteiger partial charge on any atom is -0.486 e. The van der Waals surface area contributed by atoms with Crippen LogP contribution in [0, 0.1) is 6.92 Å². The fourth-order valence-electron chi connectivity index (χ4n) is 3.31. The molecule has 1 unspecified atom stereocenters. The number of rotatable bonds is 6. The molecular formula is C22H24N4O2. The molecule has 0 bridgehead atoms. The Balaban J connectivity index is 1.57. The second-order valence-corrected chi connectivity index (χ2v) is 6.88. The molecule has 28 heavy (non-hydrogen) atoms. The van der Waals surface area contributed by atoms with Gasteiger partial charge in [-0.15, -0.1) is 0 Å². The van der Waals surface area contributed by atoms with E-state index in [0.29, 0.717) is 19.0 Å². The van der Waals surface area contributed by atoms with Crippen LogP contribution in [0.25, 0.3) is 11.4 Å². The molecule has 1 aromatic carbocycles. The average Bonchev–Trinajstić information content (AvgIpc) is 2.73. The molecule has 1 atom stereocenters. The molecule has 2 aromatic heterocycles. The number of hydrogen-bond donors (Lipinski definition) is 0. The summed E-state index contributed by atoms with van der Waals surface area (Å²) in [6.07, 6.45) is 4.49. The lowest BCUT2D eigenvalue weighted by atomic mass is 10.2. The third-order valence-electron chi connectivity index (χ3n) is 4.57. The Morgan fingerprint density at radius 2 is 1.96 bits per heavy atom. The van der Waals surface area contributed by atoms with E-state index >= 15 is 0 Å². The predicted octanol–water partition coefficient (Wildman–Crippen LogP) is 3.90. The highest BCUT2D eigenvalue weighted by molar-refractivity contribution is 5.56. The van der Waals surface area contributed by atoms with E-state index in [9.17, 15) is 0 Å². The predicted molar refractivity (Wildman–Crippen MR) is 109 cm³/mol. The van der Waals surface area contributed by atoms with E-state index in [1.165, 1.54) is 0 Å². The van der Waals surface area contributed by atoms with Crippen molar-refractivity contribution in [1.29, 1.82) is 0 Å². The third kappa shape index (κ3) is 4.06. The highest BCUT2D eigenvalue weighted by Gasteiger charge is 2.24. The number of fused-ring (bicyclic) bond motifs is 1. The van der Waals surface area contributed by atoms with Gasteiger partial charge in [-0.05, 0) is 37.6 Å². The molecule has 1 aliphatic heterocycles. The van der Waals surface area contributed by atoms with Gasteiger partial charge in [-0.25, -0.2) is 9.97 Å². The second kappa shape index (κ2) is 8.25. The van der Waals surface area contributed by atoms with Crippen LogP contribution in [0.3, 0.4) is 0 Å². The summed E-state index contributed by atoms with van der Waals surface area (Å²) in [7, 11) is 0. The molecule has 0 fully saturated rings. The summed E-state index contributed by atoms with van der Waals surface area (Å²) in [5.74, 6) is 3.19. The highest BCUT2D eigenvalue weighted by atomic mass is 16.6. The molecule has 0 aliphatic carbocycles. The standard InChI is InChI=1S/C22H24N4O2/c1-3-11-26(14-18-15-27-19-8-4-5-9-20(19)28-18)21-12-16(2)24-22(25-21)17-7-6-10-23-13-17/h4-10,12-13,18H,3,11,14-15H2,1-2H3. The van der Waals surface area contributed by atoms with Gasteiger partial charge in [0.05, 0.1) is 6.54 Å². The third-order valence-corrected chi connectivity index (χ3v) is 4.57. The van der Waals surface area contributed by atoms with Gasteiger partial charge in [0.1, 0.15) is 12.4 Å². The average molecular weight is 376 g/mol. The summed E-state index contributed by atoms with van der Waals surface area (Å²) in [5, 5.41) is 0. The van der Waals surface area contributed by atoms with Gasteiger partial charge in [-0.3, -0.25) is 4.98 Å². The zero-order valence-electron chi connectivity index (χ0n) is 16.2. The van der Waals surface area contributed by atoms with Gasteiger partial charge in [0.15, 0.2) is 23.4 Å². The molecule has 0 saturated carbocycles. The summed E-state index contributed by atoms with van der Waals surface area (Å²) in [5.41, 5.74) is 1.84. The zero-order chi connectivity index (χ0) is 19.3. The molecule has 0 spiro atoms. The van der Waals surface area contributed by atoms with Crippen molar-refractivity contribution in [3.8, 4) is 22.9 Å². The molecule has 1 aliphatic rings. The van der Waals surface area contributed by atoms with Crippen molar-refractivity contribution >= 4 is 5.82 Å². The van der Waals surface area contributed by atoms with Crippen LogP contribution in [0.1, 0.15) is 19.0 Å². The van der Waals surface area contributed by atoms with Crippen molar-refractivity contribution in [2.45, 2.75) is 26.4 Å². The van der Waals surface area contributed by atoms with Gasteiger partial charge in [0.2, 0.25) is 0 Å². The maximum Gasteiger partial charge on any atom is 0.163 e. The SMILES string of the molecule is CCCN(CC1COc2ccccc2O1)c1cc(C)nc(-c2cccnc2)n1. The largest absolute Gasteiger partial charge is 0.486 e. The Kier molecular flexibility index (Phi) is 5.37. The molecule has 0 radical (unpaired) electrons. The lowest BCUT2D eigenvalue weighted by Crippen LogP contribution is -2.41. The van der Waals surface area contributed by atoms with Gasteiger partial charge in [0.25, 0.3) is 0 Å². The topological polar surface area (TPSA) is 60.4 Å².